The highest BCUT2D eigenvalue weighted by atomic mass is 35.5. The van der Waals surface area contributed by atoms with E-state index in [1.54, 1.807) is 6.07 Å². The Morgan fingerprint density at radius 2 is 1.52 bits per heavy atom. The molecule has 0 saturated carbocycles. The molecule has 172 valence electrons. The molecule has 6 heteroatoms. The van der Waals surface area contributed by atoms with Crippen molar-refractivity contribution in [1.82, 2.24) is 4.98 Å². The van der Waals surface area contributed by atoms with Gasteiger partial charge in [0.2, 0.25) is 8.32 Å². The average molecular weight is 465 g/mol. The predicted molar refractivity (Wildman–Crippen MR) is 132 cm³/mol. The average Bonchev–Trinajstić information content (AvgIpc) is 2.83. The summed E-state index contributed by atoms with van der Waals surface area (Å²) in [6, 6.07) is 10.7. The molecule has 2 N–H and O–H groups in total. The second-order valence-corrected chi connectivity index (χ2v) is 15.0. The molecule has 1 aromatic heterocycles. The molecule has 1 aromatic carbocycles. The van der Waals surface area contributed by atoms with Crippen molar-refractivity contribution in [3.05, 3.63) is 65.2 Å². The molecule has 0 bridgehead atoms. The molecule has 0 spiro atoms. The minimum atomic E-state index is -2.09. The van der Waals surface area contributed by atoms with Gasteiger partial charge >= 0.3 is 0 Å². The van der Waals surface area contributed by atoms with E-state index in [2.05, 4.69) is 41.5 Å². The third-order valence-electron chi connectivity index (χ3n) is 7.07. The van der Waals surface area contributed by atoms with Crippen LogP contribution in [-0.4, -0.2) is 13.3 Å². The van der Waals surface area contributed by atoms with Crippen LogP contribution in [0.25, 0.3) is 0 Å². The van der Waals surface area contributed by atoms with Crippen molar-refractivity contribution >= 4 is 20.7 Å². The summed E-state index contributed by atoms with van der Waals surface area (Å²) in [5, 5.41) is 0. The summed E-state index contributed by atoms with van der Waals surface area (Å²) in [6.45, 7) is 13.8. The molecule has 1 heterocycles. The van der Waals surface area contributed by atoms with Crippen LogP contribution in [0.3, 0.4) is 0 Å². The number of hydrogen-bond donors (Lipinski definition) is 1. The monoisotopic (exact) mass is 464 g/mol. The Bertz CT molecular complexity index is 839. The Morgan fingerprint density at radius 1 is 0.935 bits per heavy atom. The summed E-state index contributed by atoms with van der Waals surface area (Å²) in [6.07, 6.45) is 3.32. The first-order valence-electron chi connectivity index (χ1n) is 11.3. The Kier molecular flexibility index (Phi) is 8.85. The number of aromatic nitrogens is 1. The number of halogens is 2. The van der Waals surface area contributed by atoms with Crippen molar-refractivity contribution < 1.29 is 8.82 Å². The molecule has 0 saturated heterocycles. The highest BCUT2D eigenvalue weighted by Gasteiger charge is 2.48. The minimum absolute atomic E-state index is 0. The van der Waals surface area contributed by atoms with Crippen LogP contribution in [0.5, 0.6) is 0 Å². The molecule has 1 aliphatic carbocycles. The molecule has 3 atom stereocenters. The topological polar surface area (TPSA) is 48.1 Å². The minimum Gasteiger partial charge on any atom is -0.408 e. The molecule has 3 nitrogen and oxygen atoms in total. The fourth-order valence-corrected chi connectivity index (χ4v) is 11.3. The van der Waals surface area contributed by atoms with E-state index < -0.39 is 8.32 Å². The second-order valence-electron chi connectivity index (χ2n) is 9.63. The number of nitrogens with zero attached hydrogens (tertiary/aromatic N) is 1. The maximum Gasteiger partial charge on any atom is 0.201 e. The van der Waals surface area contributed by atoms with Crippen LogP contribution in [0.2, 0.25) is 16.6 Å². The molecule has 1 aliphatic rings. The van der Waals surface area contributed by atoms with Gasteiger partial charge in [0.05, 0.1) is 11.8 Å². The Morgan fingerprint density at radius 3 is 2.10 bits per heavy atom. The first-order chi connectivity index (χ1) is 14.2. The van der Waals surface area contributed by atoms with E-state index in [1.165, 1.54) is 6.07 Å². The lowest BCUT2D eigenvalue weighted by atomic mass is 9.86. The zero-order valence-corrected chi connectivity index (χ0v) is 21.5. The van der Waals surface area contributed by atoms with Crippen molar-refractivity contribution in [3.8, 4) is 0 Å². The molecule has 0 amide bonds. The second kappa shape index (κ2) is 10.6. The van der Waals surface area contributed by atoms with Crippen LogP contribution < -0.4 is 5.73 Å². The summed E-state index contributed by atoms with van der Waals surface area (Å²) >= 11 is 0. The number of benzene rings is 1. The number of hydrogen-bond acceptors (Lipinski definition) is 3. The zero-order chi connectivity index (χ0) is 22.1. The Balaban J connectivity index is 0.00000341. The quantitative estimate of drug-likeness (QED) is 0.356. The molecule has 0 unspecified atom stereocenters. The van der Waals surface area contributed by atoms with Gasteiger partial charge in [0, 0.05) is 18.2 Å². The third-order valence-corrected chi connectivity index (χ3v) is 13.2. The van der Waals surface area contributed by atoms with E-state index >= 15 is 0 Å². The van der Waals surface area contributed by atoms with Crippen molar-refractivity contribution in [2.45, 2.75) is 89.1 Å². The van der Waals surface area contributed by atoms with Crippen LogP contribution in [0.4, 0.5) is 4.39 Å². The molecule has 0 fully saturated rings. The number of rotatable bonds is 6. The van der Waals surface area contributed by atoms with Gasteiger partial charge in [-0.2, -0.15) is 0 Å². The van der Waals surface area contributed by atoms with Gasteiger partial charge in [-0.3, -0.25) is 4.98 Å². The normalized spacial score (nSPS) is 21.7. The largest absolute Gasteiger partial charge is 0.408 e. The first-order valence-corrected chi connectivity index (χ1v) is 13.5. The Hall–Kier alpha value is -1.27. The molecule has 2 aromatic rings. The molecule has 0 radical (unpaired) electrons. The third kappa shape index (κ3) is 4.90. The molecular formula is C25H38ClFN2OSi. The zero-order valence-electron chi connectivity index (χ0n) is 19.6. The van der Waals surface area contributed by atoms with Crippen LogP contribution >= 0.6 is 12.4 Å². The van der Waals surface area contributed by atoms with Crippen molar-refractivity contribution in [2.24, 2.45) is 5.73 Å². The van der Waals surface area contributed by atoms with E-state index in [9.17, 15) is 4.39 Å². The lowest BCUT2D eigenvalue weighted by Gasteiger charge is -2.44. The van der Waals surface area contributed by atoms with Gasteiger partial charge in [0.25, 0.3) is 0 Å². The van der Waals surface area contributed by atoms with E-state index in [0.717, 1.165) is 24.1 Å². The maximum atomic E-state index is 14.6. The van der Waals surface area contributed by atoms with Gasteiger partial charge in [0.1, 0.15) is 5.82 Å². The summed E-state index contributed by atoms with van der Waals surface area (Å²) < 4.78 is 21.8. The molecule has 3 rings (SSSR count). The standard InChI is InChI=1S/C25H37FN2OSi.ClH/c1-16(2)30(17(3)4,18(5)6)29-23-14-13-20(19-10-7-8-12-22(19)26)24(27)21-11-9-15-28-25(21)23;/h7-12,15-18,20,23-24H,13-14,27H2,1-6H3;1H/t20-,23+,24-;/m0./s1. The van der Waals surface area contributed by atoms with Crippen molar-refractivity contribution in [2.75, 3.05) is 0 Å². The van der Waals surface area contributed by atoms with Crippen molar-refractivity contribution in [3.63, 3.8) is 0 Å². The summed E-state index contributed by atoms with van der Waals surface area (Å²) in [5.74, 6) is -0.269. The lowest BCUT2D eigenvalue weighted by molar-refractivity contribution is 0.159. The van der Waals surface area contributed by atoms with Crippen LogP contribution in [0.15, 0.2) is 42.6 Å². The van der Waals surface area contributed by atoms with E-state index in [0.29, 0.717) is 22.2 Å². The summed E-state index contributed by atoms with van der Waals surface area (Å²) in [5.41, 5.74) is 10.9. The van der Waals surface area contributed by atoms with Gasteiger partial charge in [0.15, 0.2) is 0 Å². The molecule has 31 heavy (non-hydrogen) atoms. The molecular weight excluding hydrogens is 427 g/mol. The van der Waals surface area contributed by atoms with Gasteiger partial charge in [-0.1, -0.05) is 65.8 Å². The number of nitrogens with two attached hydrogens (primary N) is 1. The van der Waals surface area contributed by atoms with E-state index in [1.807, 2.05) is 30.5 Å². The van der Waals surface area contributed by atoms with E-state index in [-0.39, 0.29) is 36.3 Å². The SMILES string of the molecule is CC(C)[Si](O[C@@H]1CC[C@@H](c2ccccc2F)[C@H](N)c2cccnc21)(C(C)C)C(C)C.Cl. The van der Waals surface area contributed by atoms with Crippen LogP contribution in [0.1, 0.15) is 89.3 Å². The lowest BCUT2D eigenvalue weighted by Crippen LogP contribution is -2.48. The fourth-order valence-electron chi connectivity index (χ4n) is 5.74. The van der Waals surface area contributed by atoms with Crippen LogP contribution in [-0.2, 0) is 4.43 Å². The van der Waals surface area contributed by atoms with E-state index in [4.69, 9.17) is 15.1 Å². The maximum absolute atomic E-state index is 14.6. The van der Waals surface area contributed by atoms with Gasteiger partial charge in [-0.05, 0) is 52.7 Å². The predicted octanol–water partition coefficient (Wildman–Crippen LogP) is 7.45. The summed E-state index contributed by atoms with van der Waals surface area (Å²) in [7, 11) is -2.09. The fraction of sp³-hybridized carbons (Fsp3) is 0.560. The first kappa shape index (κ1) is 26.0. The van der Waals surface area contributed by atoms with Crippen molar-refractivity contribution in [1.29, 1.82) is 0 Å². The number of fused-ring (bicyclic) bond motifs is 1. The summed E-state index contributed by atoms with van der Waals surface area (Å²) in [4.78, 5) is 4.75. The van der Waals surface area contributed by atoms with Gasteiger partial charge in [-0.25, -0.2) is 4.39 Å². The number of pyridine rings is 1. The highest BCUT2D eigenvalue weighted by molar-refractivity contribution is 6.77. The van der Waals surface area contributed by atoms with Crippen LogP contribution in [0, 0.1) is 5.82 Å². The molecule has 0 aliphatic heterocycles. The smallest absolute Gasteiger partial charge is 0.201 e. The van der Waals surface area contributed by atoms with Gasteiger partial charge in [-0.15, -0.1) is 12.4 Å². The van der Waals surface area contributed by atoms with Gasteiger partial charge < -0.3 is 10.2 Å². The Labute approximate surface area is 194 Å². The highest BCUT2D eigenvalue weighted by Crippen LogP contribution is 2.49.